The van der Waals surface area contributed by atoms with E-state index in [0.29, 0.717) is 0 Å². The van der Waals surface area contributed by atoms with E-state index in [1.807, 2.05) is 0 Å². The highest BCUT2D eigenvalue weighted by Crippen LogP contribution is 2.23. The molecule has 94 valence electrons. The quantitative estimate of drug-likeness (QED) is 0.818. The summed E-state index contributed by atoms with van der Waals surface area (Å²) in [6.07, 6.45) is 4.86. The van der Waals surface area contributed by atoms with Crippen LogP contribution >= 0.6 is 0 Å². The van der Waals surface area contributed by atoms with Gasteiger partial charge in [0, 0.05) is 12.1 Å². The Labute approximate surface area is 105 Å². The Morgan fingerprint density at radius 3 is 2.76 bits per heavy atom. The van der Waals surface area contributed by atoms with Crippen molar-refractivity contribution in [3.63, 3.8) is 0 Å². The smallest absolute Gasteiger partial charge is 0.0210 e. The molecule has 0 fully saturated rings. The maximum Gasteiger partial charge on any atom is 0.0210 e. The largest absolute Gasteiger partial charge is 0.330 e. The lowest BCUT2D eigenvalue weighted by molar-refractivity contribution is 0.365. The van der Waals surface area contributed by atoms with Crippen LogP contribution < -0.4 is 11.1 Å². The summed E-state index contributed by atoms with van der Waals surface area (Å²) >= 11 is 0. The standard InChI is InChI=1S/C15H24N2/c1-15(2,8-9-16)17-11-12-6-7-13-4-3-5-14(13)10-12/h6-7,10,17H,3-5,8-9,11,16H2,1-2H3. The molecule has 0 atom stereocenters. The van der Waals surface area contributed by atoms with Crippen molar-refractivity contribution >= 4 is 0 Å². The van der Waals surface area contributed by atoms with Crippen LogP contribution in [0.3, 0.4) is 0 Å². The van der Waals surface area contributed by atoms with Crippen LogP contribution in [0.1, 0.15) is 43.4 Å². The predicted molar refractivity (Wildman–Crippen MR) is 73.1 cm³/mol. The van der Waals surface area contributed by atoms with Gasteiger partial charge in [0.15, 0.2) is 0 Å². The number of fused-ring (bicyclic) bond motifs is 1. The first-order chi connectivity index (χ1) is 8.11. The number of hydrogen-bond acceptors (Lipinski definition) is 2. The maximum absolute atomic E-state index is 5.62. The summed E-state index contributed by atoms with van der Waals surface area (Å²) < 4.78 is 0. The zero-order valence-electron chi connectivity index (χ0n) is 11.1. The zero-order valence-corrected chi connectivity index (χ0v) is 11.1. The van der Waals surface area contributed by atoms with Gasteiger partial charge in [0.2, 0.25) is 0 Å². The summed E-state index contributed by atoms with van der Waals surface area (Å²) in [6.45, 7) is 6.12. The van der Waals surface area contributed by atoms with Gasteiger partial charge < -0.3 is 11.1 Å². The van der Waals surface area contributed by atoms with Crippen molar-refractivity contribution < 1.29 is 0 Å². The summed E-state index contributed by atoms with van der Waals surface area (Å²) in [5.74, 6) is 0. The van der Waals surface area contributed by atoms with Crippen LogP contribution in [0.25, 0.3) is 0 Å². The van der Waals surface area contributed by atoms with Gasteiger partial charge in [-0.05, 0) is 62.8 Å². The molecule has 0 saturated carbocycles. The van der Waals surface area contributed by atoms with Crippen LogP contribution in [0.2, 0.25) is 0 Å². The number of benzene rings is 1. The fourth-order valence-corrected chi connectivity index (χ4v) is 2.53. The number of rotatable bonds is 5. The topological polar surface area (TPSA) is 38.0 Å². The van der Waals surface area contributed by atoms with E-state index in [4.69, 9.17) is 5.73 Å². The number of aryl methyl sites for hydroxylation is 2. The highest BCUT2D eigenvalue weighted by Gasteiger charge is 2.16. The Morgan fingerprint density at radius 1 is 1.24 bits per heavy atom. The van der Waals surface area contributed by atoms with Gasteiger partial charge in [0.05, 0.1) is 0 Å². The molecule has 0 saturated heterocycles. The van der Waals surface area contributed by atoms with E-state index < -0.39 is 0 Å². The lowest BCUT2D eigenvalue weighted by atomic mass is 9.99. The Morgan fingerprint density at radius 2 is 2.00 bits per heavy atom. The molecule has 0 spiro atoms. The molecule has 1 aromatic carbocycles. The monoisotopic (exact) mass is 232 g/mol. The van der Waals surface area contributed by atoms with Crippen LogP contribution in [0.15, 0.2) is 18.2 Å². The molecule has 0 aliphatic heterocycles. The third kappa shape index (κ3) is 3.30. The summed E-state index contributed by atoms with van der Waals surface area (Å²) in [5.41, 5.74) is 10.3. The lowest BCUT2D eigenvalue weighted by Gasteiger charge is -2.26. The lowest BCUT2D eigenvalue weighted by Crippen LogP contribution is -2.40. The van der Waals surface area contributed by atoms with Crippen molar-refractivity contribution in [1.82, 2.24) is 5.32 Å². The first-order valence-electron chi connectivity index (χ1n) is 6.66. The van der Waals surface area contributed by atoms with Crippen LogP contribution in [0.4, 0.5) is 0 Å². The van der Waals surface area contributed by atoms with Gasteiger partial charge in [0.25, 0.3) is 0 Å². The van der Waals surface area contributed by atoms with Crippen LogP contribution in [0.5, 0.6) is 0 Å². The molecule has 2 heteroatoms. The predicted octanol–water partition coefficient (Wildman–Crippen LogP) is 2.39. The van der Waals surface area contributed by atoms with Crippen LogP contribution in [-0.4, -0.2) is 12.1 Å². The fraction of sp³-hybridized carbons (Fsp3) is 0.600. The summed E-state index contributed by atoms with van der Waals surface area (Å²) in [4.78, 5) is 0. The minimum Gasteiger partial charge on any atom is -0.330 e. The van der Waals surface area contributed by atoms with Crippen molar-refractivity contribution in [3.8, 4) is 0 Å². The van der Waals surface area contributed by atoms with Gasteiger partial charge in [-0.2, -0.15) is 0 Å². The summed E-state index contributed by atoms with van der Waals surface area (Å²) in [6, 6.07) is 6.93. The molecule has 0 unspecified atom stereocenters. The van der Waals surface area contributed by atoms with Gasteiger partial charge in [-0.3, -0.25) is 0 Å². The average molecular weight is 232 g/mol. The van der Waals surface area contributed by atoms with E-state index >= 15 is 0 Å². The van der Waals surface area contributed by atoms with Crippen molar-refractivity contribution in [3.05, 3.63) is 34.9 Å². The van der Waals surface area contributed by atoms with Crippen LogP contribution in [-0.2, 0) is 19.4 Å². The molecule has 1 aliphatic carbocycles. The maximum atomic E-state index is 5.62. The minimum absolute atomic E-state index is 0.133. The molecule has 0 aromatic heterocycles. The Bertz CT molecular complexity index is 383. The van der Waals surface area contributed by atoms with Crippen molar-refractivity contribution in [2.45, 2.75) is 51.6 Å². The second-order valence-electron chi connectivity index (χ2n) is 5.73. The second-order valence-corrected chi connectivity index (χ2v) is 5.73. The Balaban J connectivity index is 1.95. The third-order valence-corrected chi connectivity index (χ3v) is 3.70. The van der Waals surface area contributed by atoms with Gasteiger partial charge >= 0.3 is 0 Å². The summed E-state index contributed by atoms with van der Waals surface area (Å²) in [7, 11) is 0. The Hall–Kier alpha value is -0.860. The molecule has 0 amide bonds. The van der Waals surface area contributed by atoms with Crippen molar-refractivity contribution in [2.24, 2.45) is 5.73 Å². The molecule has 1 aliphatic rings. The fourth-order valence-electron chi connectivity index (χ4n) is 2.53. The molecule has 0 heterocycles. The summed E-state index contributed by atoms with van der Waals surface area (Å²) in [5, 5.41) is 3.59. The zero-order chi connectivity index (χ0) is 12.3. The molecule has 0 radical (unpaired) electrons. The van der Waals surface area contributed by atoms with Gasteiger partial charge in [-0.25, -0.2) is 0 Å². The van der Waals surface area contributed by atoms with E-state index in [9.17, 15) is 0 Å². The first kappa shape index (κ1) is 12.6. The third-order valence-electron chi connectivity index (χ3n) is 3.70. The highest BCUT2D eigenvalue weighted by molar-refractivity contribution is 5.35. The molecule has 17 heavy (non-hydrogen) atoms. The Kier molecular flexibility index (Phi) is 3.85. The SMILES string of the molecule is CC(C)(CCN)NCc1ccc2c(c1)CCC2. The molecular formula is C15H24N2. The van der Waals surface area contributed by atoms with E-state index in [1.165, 1.54) is 24.8 Å². The van der Waals surface area contributed by atoms with E-state index in [1.54, 1.807) is 11.1 Å². The van der Waals surface area contributed by atoms with E-state index in [-0.39, 0.29) is 5.54 Å². The normalized spacial score (nSPS) is 15.0. The average Bonchev–Trinajstić information content (AvgIpc) is 2.73. The van der Waals surface area contributed by atoms with Gasteiger partial charge in [-0.1, -0.05) is 18.2 Å². The van der Waals surface area contributed by atoms with Gasteiger partial charge in [-0.15, -0.1) is 0 Å². The molecular weight excluding hydrogens is 208 g/mol. The molecule has 3 N–H and O–H groups in total. The molecule has 1 aromatic rings. The number of nitrogens with one attached hydrogen (secondary N) is 1. The van der Waals surface area contributed by atoms with E-state index in [0.717, 1.165) is 19.5 Å². The molecule has 2 nitrogen and oxygen atoms in total. The van der Waals surface area contributed by atoms with Gasteiger partial charge in [0.1, 0.15) is 0 Å². The highest BCUT2D eigenvalue weighted by atomic mass is 15.0. The number of nitrogens with two attached hydrogens (primary N) is 1. The number of hydrogen-bond donors (Lipinski definition) is 2. The van der Waals surface area contributed by atoms with E-state index in [2.05, 4.69) is 37.4 Å². The van der Waals surface area contributed by atoms with Crippen molar-refractivity contribution in [1.29, 1.82) is 0 Å². The van der Waals surface area contributed by atoms with Crippen molar-refractivity contribution in [2.75, 3.05) is 6.54 Å². The first-order valence-corrected chi connectivity index (χ1v) is 6.66. The minimum atomic E-state index is 0.133. The molecule has 2 rings (SSSR count). The molecule has 0 bridgehead atoms. The van der Waals surface area contributed by atoms with Crippen LogP contribution in [0, 0.1) is 0 Å². The second kappa shape index (κ2) is 5.19.